The fourth-order valence-electron chi connectivity index (χ4n) is 2.82. The molecule has 0 aliphatic heterocycles. The van der Waals surface area contributed by atoms with E-state index in [2.05, 4.69) is 16.0 Å². The summed E-state index contributed by atoms with van der Waals surface area (Å²) in [4.78, 5) is 18.9. The molecule has 0 amide bonds. The molecule has 112 valence electrons. The van der Waals surface area contributed by atoms with Gasteiger partial charge >= 0.3 is 0 Å². The standard InChI is InChI=1S/C19H14N2O2/c1-23-19-15(9-13-4-2-3-5-16(13)21-19)18-10-14-8-12(11-22)6-7-17(14)20-18/h2-11,20H,1H3. The third-order valence-corrected chi connectivity index (χ3v) is 3.95. The molecule has 0 unspecified atom stereocenters. The van der Waals surface area contributed by atoms with Crippen LogP contribution in [0.3, 0.4) is 0 Å². The molecule has 2 aromatic heterocycles. The van der Waals surface area contributed by atoms with Crippen molar-refractivity contribution < 1.29 is 9.53 Å². The zero-order chi connectivity index (χ0) is 15.8. The molecular weight excluding hydrogens is 288 g/mol. The van der Waals surface area contributed by atoms with Gasteiger partial charge < -0.3 is 9.72 Å². The number of carbonyl (C=O) groups is 1. The second kappa shape index (κ2) is 5.25. The van der Waals surface area contributed by atoms with Crippen LogP contribution >= 0.6 is 0 Å². The summed E-state index contributed by atoms with van der Waals surface area (Å²) in [5, 5.41) is 2.04. The first-order valence-corrected chi connectivity index (χ1v) is 7.30. The van der Waals surface area contributed by atoms with Crippen LogP contribution in [0, 0.1) is 0 Å². The maximum absolute atomic E-state index is 10.9. The summed E-state index contributed by atoms with van der Waals surface area (Å²) >= 11 is 0. The van der Waals surface area contributed by atoms with Gasteiger partial charge in [0, 0.05) is 21.9 Å². The van der Waals surface area contributed by atoms with Crippen LogP contribution in [0.5, 0.6) is 5.88 Å². The largest absolute Gasteiger partial charge is 0.480 e. The maximum atomic E-state index is 10.9. The highest BCUT2D eigenvalue weighted by atomic mass is 16.5. The lowest BCUT2D eigenvalue weighted by atomic mass is 10.1. The number of para-hydroxylation sites is 1. The molecule has 2 heterocycles. The number of fused-ring (bicyclic) bond motifs is 2. The fourth-order valence-corrected chi connectivity index (χ4v) is 2.82. The van der Waals surface area contributed by atoms with Crippen LogP contribution < -0.4 is 4.74 Å². The van der Waals surface area contributed by atoms with Gasteiger partial charge in [-0.1, -0.05) is 18.2 Å². The number of aromatic amines is 1. The normalized spacial score (nSPS) is 11.0. The second-order valence-electron chi connectivity index (χ2n) is 5.39. The third kappa shape index (κ3) is 2.25. The van der Waals surface area contributed by atoms with E-state index in [1.54, 1.807) is 13.2 Å². The Morgan fingerprint density at radius 2 is 1.91 bits per heavy atom. The highest BCUT2D eigenvalue weighted by molar-refractivity contribution is 5.93. The number of carbonyl (C=O) groups excluding carboxylic acids is 1. The molecule has 0 saturated carbocycles. The molecule has 4 heteroatoms. The topological polar surface area (TPSA) is 55.0 Å². The molecule has 0 aliphatic rings. The van der Waals surface area contributed by atoms with E-state index in [0.717, 1.165) is 39.3 Å². The molecular formula is C19H14N2O2. The number of methoxy groups -OCH3 is 1. The summed E-state index contributed by atoms with van der Waals surface area (Å²) in [6, 6.07) is 17.6. The van der Waals surface area contributed by atoms with Crippen LogP contribution in [-0.4, -0.2) is 23.4 Å². The van der Waals surface area contributed by atoms with Crippen molar-refractivity contribution in [1.82, 2.24) is 9.97 Å². The Balaban J connectivity index is 1.95. The van der Waals surface area contributed by atoms with Crippen molar-refractivity contribution in [3.05, 3.63) is 60.2 Å². The highest BCUT2D eigenvalue weighted by Crippen LogP contribution is 2.33. The number of H-pyrrole nitrogens is 1. The predicted molar refractivity (Wildman–Crippen MR) is 91.0 cm³/mol. The van der Waals surface area contributed by atoms with E-state index in [1.807, 2.05) is 42.5 Å². The van der Waals surface area contributed by atoms with Crippen LogP contribution in [-0.2, 0) is 0 Å². The lowest BCUT2D eigenvalue weighted by Crippen LogP contribution is -1.92. The molecule has 0 fully saturated rings. The summed E-state index contributed by atoms with van der Waals surface area (Å²) < 4.78 is 5.46. The van der Waals surface area contributed by atoms with Gasteiger partial charge in [-0.15, -0.1) is 0 Å². The van der Waals surface area contributed by atoms with E-state index in [9.17, 15) is 4.79 Å². The van der Waals surface area contributed by atoms with Gasteiger partial charge in [0.15, 0.2) is 0 Å². The number of benzene rings is 2. The van der Waals surface area contributed by atoms with E-state index >= 15 is 0 Å². The molecule has 2 aromatic carbocycles. The summed E-state index contributed by atoms with van der Waals surface area (Å²) in [5.74, 6) is 0.575. The third-order valence-electron chi connectivity index (χ3n) is 3.95. The Bertz CT molecular complexity index is 1030. The Kier molecular flexibility index (Phi) is 3.08. The lowest BCUT2D eigenvalue weighted by molar-refractivity contribution is 0.112. The van der Waals surface area contributed by atoms with Gasteiger partial charge in [0.05, 0.1) is 23.9 Å². The van der Waals surface area contributed by atoms with Crippen LogP contribution in [0.25, 0.3) is 33.1 Å². The first-order chi connectivity index (χ1) is 11.3. The molecule has 0 spiro atoms. The second-order valence-corrected chi connectivity index (χ2v) is 5.39. The molecule has 23 heavy (non-hydrogen) atoms. The zero-order valence-corrected chi connectivity index (χ0v) is 12.5. The Morgan fingerprint density at radius 3 is 2.74 bits per heavy atom. The predicted octanol–water partition coefficient (Wildman–Crippen LogP) is 4.20. The Hall–Kier alpha value is -3.14. The molecule has 1 N–H and O–H groups in total. The van der Waals surface area contributed by atoms with E-state index in [4.69, 9.17) is 4.74 Å². The van der Waals surface area contributed by atoms with Crippen molar-refractivity contribution in [3.8, 4) is 17.1 Å². The van der Waals surface area contributed by atoms with Gasteiger partial charge in [-0.25, -0.2) is 4.98 Å². The minimum atomic E-state index is 0.575. The average Bonchev–Trinajstić information content (AvgIpc) is 3.03. The van der Waals surface area contributed by atoms with Crippen LogP contribution in [0.4, 0.5) is 0 Å². The number of aromatic nitrogens is 2. The van der Waals surface area contributed by atoms with Gasteiger partial charge in [0.25, 0.3) is 0 Å². The zero-order valence-electron chi connectivity index (χ0n) is 12.5. The van der Waals surface area contributed by atoms with Gasteiger partial charge in [-0.2, -0.15) is 0 Å². The first-order valence-electron chi connectivity index (χ1n) is 7.30. The molecule has 0 saturated heterocycles. The molecule has 0 atom stereocenters. The van der Waals surface area contributed by atoms with Crippen molar-refractivity contribution in [2.75, 3.05) is 7.11 Å². The molecule has 0 aliphatic carbocycles. The number of nitrogens with one attached hydrogen (secondary N) is 1. The van der Waals surface area contributed by atoms with Crippen molar-refractivity contribution in [2.45, 2.75) is 0 Å². The summed E-state index contributed by atoms with van der Waals surface area (Å²) in [6.07, 6.45) is 0.851. The van der Waals surface area contributed by atoms with Gasteiger partial charge in [0.1, 0.15) is 6.29 Å². The Labute approximate surface area is 132 Å². The molecule has 4 rings (SSSR count). The van der Waals surface area contributed by atoms with Gasteiger partial charge in [-0.05, 0) is 36.4 Å². The summed E-state index contributed by atoms with van der Waals surface area (Å²) in [7, 11) is 1.62. The van der Waals surface area contributed by atoms with Crippen molar-refractivity contribution in [3.63, 3.8) is 0 Å². The van der Waals surface area contributed by atoms with Crippen LogP contribution in [0.15, 0.2) is 54.6 Å². The lowest BCUT2D eigenvalue weighted by Gasteiger charge is -2.08. The van der Waals surface area contributed by atoms with Gasteiger partial charge in [0.2, 0.25) is 5.88 Å². The number of aldehydes is 1. The number of hydrogen-bond donors (Lipinski definition) is 1. The van der Waals surface area contributed by atoms with Crippen LogP contribution in [0.1, 0.15) is 10.4 Å². The monoisotopic (exact) mass is 302 g/mol. The fraction of sp³-hybridized carbons (Fsp3) is 0.0526. The number of hydrogen-bond acceptors (Lipinski definition) is 3. The van der Waals surface area contributed by atoms with E-state index in [1.165, 1.54) is 0 Å². The van der Waals surface area contributed by atoms with Gasteiger partial charge in [-0.3, -0.25) is 4.79 Å². The summed E-state index contributed by atoms with van der Waals surface area (Å²) in [5.41, 5.74) is 4.34. The van der Waals surface area contributed by atoms with Crippen molar-refractivity contribution >= 4 is 28.1 Å². The summed E-state index contributed by atoms with van der Waals surface area (Å²) in [6.45, 7) is 0. The minimum absolute atomic E-state index is 0.575. The minimum Gasteiger partial charge on any atom is -0.480 e. The number of ether oxygens (including phenoxy) is 1. The molecule has 0 radical (unpaired) electrons. The first kappa shape index (κ1) is 13.5. The van der Waals surface area contributed by atoms with Crippen LogP contribution in [0.2, 0.25) is 0 Å². The van der Waals surface area contributed by atoms with E-state index in [0.29, 0.717) is 11.4 Å². The number of pyridine rings is 1. The smallest absolute Gasteiger partial charge is 0.223 e. The van der Waals surface area contributed by atoms with Crippen molar-refractivity contribution in [2.24, 2.45) is 0 Å². The molecule has 4 aromatic rings. The molecule has 0 bridgehead atoms. The number of rotatable bonds is 3. The van der Waals surface area contributed by atoms with Crippen molar-refractivity contribution in [1.29, 1.82) is 0 Å². The van der Waals surface area contributed by atoms with E-state index < -0.39 is 0 Å². The average molecular weight is 302 g/mol. The maximum Gasteiger partial charge on any atom is 0.223 e. The quantitative estimate of drug-likeness (QED) is 0.577. The number of nitrogens with zero attached hydrogens (tertiary/aromatic N) is 1. The molecule has 4 nitrogen and oxygen atoms in total. The Morgan fingerprint density at radius 1 is 1.04 bits per heavy atom. The van der Waals surface area contributed by atoms with E-state index in [-0.39, 0.29) is 0 Å². The SMILES string of the molecule is COc1nc2ccccc2cc1-c1cc2cc(C=O)ccc2[nH]1. The highest BCUT2D eigenvalue weighted by Gasteiger charge is 2.12.